The van der Waals surface area contributed by atoms with Crippen LogP contribution >= 0.6 is 15.9 Å². The summed E-state index contributed by atoms with van der Waals surface area (Å²) in [6, 6.07) is 2.08. The number of alkyl halides is 3. The maximum absolute atomic E-state index is 13.3. The molecule has 13 heteroatoms. The predicted molar refractivity (Wildman–Crippen MR) is 166 cm³/mol. The third-order valence-electron chi connectivity index (χ3n) is 8.80. The number of anilines is 1. The fourth-order valence-corrected chi connectivity index (χ4v) is 7.14. The average Bonchev–Trinajstić information content (AvgIpc) is 2.90. The number of rotatable bonds is 6. The maximum atomic E-state index is 13.3. The maximum Gasteiger partial charge on any atom is 0.422 e. The molecule has 5 rings (SSSR count). The Labute approximate surface area is 265 Å². The summed E-state index contributed by atoms with van der Waals surface area (Å²) in [4.78, 5) is 28.3. The van der Waals surface area contributed by atoms with Crippen molar-refractivity contribution >= 4 is 38.7 Å². The van der Waals surface area contributed by atoms with E-state index in [1.54, 1.807) is 4.90 Å². The molecule has 0 bridgehead atoms. The quantitative estimate of drug-likeness (QED) is 0.343. The van der Waals surface area contributed by atoms with E-state index in [0.29, 0.717) is 53.8 Å². The van der Waals surface area contributed by atoms with E-state index in [4.69, 9.17) is 19.2 Å². The summed E-state index contributed by atoms with van der Waals surface area (Å²) in [7, 11) is 2.07. The number of benzene rings is 1. The minimum Gasteiger partial charge on any atom is -0.481 e. The van der Waals surface area contributed by atoms with Gasteiger partial charge in [0.25, 0.3) is 0 Å². The molecular weight excluding hydrogens is 643 g/mol. The Bertz CT molecular complexity index is 1370. The Hall–Kier alpha value is -2.54. The summed E-state index contributed by atoms with van der Waals surface area (Å²) in [6.45, 7) is 12.6. The van der Waals surface area contributed by atoms with Gasteiger partial charge in [0.1, 0.15) is 23.0 Å². The Morgan fingerprint density at radius 1 is 1.14 bits per heavy atom. The Balaban J connectivity index is 1.45. The van der Waals surface area contributed by atoms with Crippen LogP contribution in [0, 0.1) is 11.3 Å². The number of aryl methyl sites for hydroxylation is 1. The first-order valence-corrected chi connectivity index (χ1v) is 16.2. The molecular formula is C31H43BrF3N5O4. The zero-order valence-electron chi connectivity index (χ0n) is 26.4. The summed E-state index contributed by atoms with van der Waals surface area (Å²) in [6.07, 6.45) is -1.86. The molecule has 0 aliphatic carbocycles. The van der Waals surface area contributed by atoms with Crippen molar-refractivity contribution in [2.75, 3.05) is 57.8 Å². The van der Waals surface area contributed by atoms with Gasteiger partial charge in [-0.25, -0.2) is 4.79 Å². The normalized spacial score (nSPS) is 22.7. The van der Waals surface area contributed by atoms with Crippen LogP contribution in [-0.4, -0.2) is 96.7 Å². The van der Waals surface area contributed by atoms with Gasteiger partial charge in [0, 0.05) is 56.0 Å². The zero-order chi connectivity index (χ0) is 32.0. The van der Waals surface area contributed by atoms with Crippen molar-refractivity contribution in [3.63, 3.8) is 0 Å². The first-order valence-electron chi connectivity index (χ1n) is 15.4. The van der Waals surface area contributed by atoms with E-state index in [-0.39, 0.29) is 35.3 Å². The van der Waals surface area contributed by atoms with Crippen molar-refractivity contribution in [3.05, 3.63) is 16.1 Å². The lowest BCUT2D eigenvalue weighted by molar-refractivity contribution is -0.153. The average molecular weight is 687 g/mol. The molecule has 3 fully saturated rings. The molecule has 3 saturated heterocycles. The van der Waals surface area contributed by atoms with Gasteiger partial charge >= 0.3 is 18.3 Å². The number of ether oxygens (including phenoxy) is 3. The number of nitrogens with zero attached hydrogens (tertiary/aromatic N) is 5. The molecule has 2 unspecified atom stereocenters. The van der Waals surface area contributed by atoms with Crippen LogP contribution in [0.15, 0.2) is 10.5 Å². The van der Waals surface area contributed by atoms with Gasteiger partial charge in [0.05, 0.1) is 4.47 Å². The van der Waals surface area contributed by atoms with Crippen LogP contribution in [0.4, 0.5) is 23.8 Å². The number of fused-ring (bicyclic) bond motifs is 1. The number of halogens is 4. The second-order valence-electron chi connectivity index (χ2n) is 13.7. The van der Waals surface area contributed by atoms with Gasteiger partial charge < -0.3 is 28.9 Å². The Kier molecular flexibility index (Phi) is 9.21. The minimum atomic E-state index is -4.51. The standard InChI is InChI=1S/C31H43BrF3N5O4/c1-7-20-14-21-24(25(23(20)32)42-18-31(33,34)35)36-27(43-22-8-11-38(6)15-19(22)2)37-26(21)39-12-9-30(10-13-39)16-40(17-30)28(41)44-29(3,4)5/h14,19,22H,7-13,15-18H2,1-6H3. The molecule has 0 N–H and O–H groups in total. The van der Waals surface area contributed by atoms with Gasteiger partial charge in [-0.15, -0.1) is 0 Å². The molecule has 244 valence electrons. The van der Waals surface area contributed by atoms with E-state index in [1.165, 1.54) is 0 Å². The third kappa shape index (κ3) is 7.29. The largest absolute Gasteiger partial charge is 0.481 e. The monoisotopic (exact) mass is 685 g/mol. The number of carbonyl (C=O) groups is 1. The first-order chi connectivity index (χ1) is 20.6. The molecule has 2 atom stereocenters. The second kappa shape index (κ2) is 12.3. The van der Waals surface area contributed by atoms with E-state index >= 15 is 0 Å². The highest BCUT2D eigenvalue weighted by Gasteiger charge is 2.48. The molecule has 1 spiro atoms. The minimum absolute atomic E-state index is 0.0116. The van der Waals surface area contributed by atoms with Gasteiger partial charge in [-0.3, -0.25) is 0 Å². The highest BCUT2D eigenvalue weighted by Crippen LogP contribution is 2.45. The fourth-order valence-electron chi connectivity index (χ4n) is 6.44. The number of carbonyl (C=O) groups excluding carboxylic acids is 1. The predicted octanol–water partition coefficient (Wildman–Crippen LogP) is 6.45. The van der Waals surface area contributed by atoms with Crippen molar-refractivity contribution < 1.29 is 32.2 Å². The van der Waals surface area contributed by atoms with Crippen LogP contribution in [0.5, 0.6) is 11.8 Å². The van der Waals surface area contributed by atoms with Gasteiger partial charge in [0.15, 0.2) is 12.4 Å². The van der Waals surface area contributed by atoms with Crippen molar-refractivity contribution in [3.8, 4) is 11.8 Å². The number of likely N-dealkylation sites (tertiary alicyclic amines) is 2. The van der Waals surface area contributed by atoms with Crippen molar-refractivity contribution in [2.45, 2.75) is 78.2 Å². The molecule has 44 heavy (non-hydrogen) atoms. The van der Waals surface area contributed by atoms with Crippen LogP contribution in [0.25, 0.3) is 10.9 Å². The van der Waals surface area contributed by atoms with Gasteiger partial charge in [-0.2, -0.15) is 23.1 Å². The molecule has 9 nitrogen and oxygen atoms in total. The van der Waals surface area contributed by atoms with E-state index in [9.17, 15) is 18.0 Å². The molecule has 3 aliphatic heterocycles. The number of aromatic nitrogens is 2. The summed E-state index contributed by atoms with van der Waals surface area (Å²) in [5.74, 6) is 0.901. The zero-order valence-corrected chi connectivity index (χ0v) is 28.0. The number of hydrogen-bond donors (Lipinski definition) is 0. The second-order valence-corrected chi connectivity index (χ2v) is 14.5. The highest BCUT2D eigenvalue weighted by molar-refractivity contribution is 9.10. The van der Waals surface area contributed by atoms with Crippen LogP contribution in [0.3, 0.4) is 0 Å². The number of piperidine rings is 2. The SMILES string of the molecule is CCc1cc2c(N3CCC4(CC3)CN(C(=O)OC(C)(C)C)C4)nc(OC3CCN(C)CC3C)nc2c(OCC(F)(F)F)c1Br. The smallest absolute Gasteiger partial charge is 0.422 e. The van der Waals surface area contributed by atoms with Gasteiger partial charge in [-0.05, 0) is 81.1 Å². The van der Waals surface area contributed by atoms with E-state index in [2.05, 4.69) is 44.7 Å². The lowest BCUT2D eigenvalue weighted by Crippen LogP contribution is -2.62. The molecule has 1 aromatic heterocycles. The summed E-state index contributed by atoms with van der Waals surface area (Å²) in [5, 5.41) is 0.631. The number of amides is 1. The summed E-state index contributed by atoms with van der Waals surface area (Å²) < 4.78 is 57.7. The summed E-state index contributed by atoms with van der Waals surface area (Å²) >= 11 is 3.50. The molecule has 1 aromatic carbocycles. The molecule has 0 saturated carbocycles. The first kappa shape index (κ1) is 32.8. The Morgan fingerprint density at radius 3 is 2.41 bits per heavy atom. The Morgan fingerprint density at radius 2 is 1.82 bits per heavy atom. The third-order valence-corrected chi connectivity index (χ3v) is 9.66. The van der Waals surface area contributed by atoms with Gasteiger partial charge in [-0.1, -0.05) is 13.8 Å². The van der Waals surface area contributed by atoms with Gasteiger partial charge in [0.2, 0.25) is 0 Å². The van der Waals surface area contributed by atoms with Crippen LogP contribution in [0.1, 0.15) is 59.4 Å². The lowest BCUT2D eigenvalue weighted by atomic mass is 9.72. The van der Waals surface area contributed by atoms with Crippen LogP contribution < -0.4 is 14.4 Å². The van der Waals surface area contributed by atoms with Crippen molar-refractivity contribution in [1.29, 1.82) is 0 Å². The molecule has 2 aromatic rings. The topological polar surface area (TPSA) is 80.3 Å². The highest BCUT2D eigenvalue weighted by atomic mass is 79.9. The van der Waals surface area contributed by atoms with E-state index in [0.717, 1.165) is 37.9 Å². The van der Waals surface area contributed by atoms with Crippen LogP contribution in [-0.2, 0) is 11.2 Å². The van der Waals surface area contributed by atoms with Crippen LogP contribution in [0.2, 0.25) is 0 Å². The lowest BCUT2D eigenvalue weighted by Gasteiger charge is -2.53. The molecule has 3 aliphatic rings. The van der Waals surface area contributed by atoms with Crippen molar-refractivity contribution in [2.24, 2.45) is 11.3 Å². The molecule has 4 heterocycles. The summed E-state index contributed by atoms with van der Waals surface area (Å²) in [5.41, 5.74) is 0.561. The van der Waals surface area contributed by atoms with E-state index in [1.807, 2.05) is 33.8 Å². The van der Waals surface area contributed by atoms with Crippen molar-refractivity contribution in [1.82, 2.24) is 19.8 Å². The molecule has 1 amide bonds. The number of hydrogen-bond acceptors (Lipinski definition) is 8. The fraction of sp³-hybridized carbons (Fsp3) is 0.710. The van der Waals surface area contributed by atoms with E-state index < -0.39 is 18.4 Å². The molecule has 0 radical (unpaired) electrons.